The molecule has 0 spiro atoms. The van der Waals surface area contributed by atoms with E-state index in [-0.39, 0.29) is 0 Å². The standard InChI is InChI=1S/C10H9NO.C2H6/c1-7-10-6-9(12)3-2-8(10)4-5-11-7;1-2/h2-6,12H,1H3;1-2H3. The van der Waals surface area contributed by atoms with E-state index in [0.717, 1.165) is 16.5 Å². The first-order valence-electron chi connectivity index (χ1n) is 4.82. The smallest absolute Gasteiger partial charge is 0.116 e. The van der Waals surface area contributed by atoms with E-state index >= 15 is 0 Å². The molecule has 1 aromatic heterocycles. The van der Waals surface area contributed by atoms with Crippen LogP contribution < -0.4 is 0 Å². The molecule has 0 aliphatic carbocycles. The summed E-state index contributed by atoms with van der Waals surface area (Å²) in [4.78, 5) is 4.14. The van der Waals surface area contributed by atoms with Crippen LogP contribution >= 0.6 is 0 Å². The molecule has 2 aromatic rings. The predicted octanol–water partition coefficient (Wildman–Crippen LogP) is 3.28. The summed E-state index contributed by atoms with van der Waals surface area (Å²) < 4.78 is 0. The number of pyridine rings is 1. The van der Waals surface area contributed by atoms with Crippen LogP contribution in [0.1, 0.15) is 19.5 Å². The number of fused-ring (bicyclic) bond motifs is 1. The van der Waals surface area contributed by atoms with Gasteiger partial charge in [-0.2, -0.15) is 0 Å². The molecule has 14 heavy (non-hydrogen) atoms. The van der Waals surface area contributed by atoms with Crippen LogP contribution in [0, 0.1) is 6.92 Å². The van der Waals surface area contributed by atoms with Gasteiger partial charge in [0.1, 0.15) is 5.75 Å². The molecule has 0 aliphatic heterocycles. The number of hydrogen-bond acceptors (Lipinski definition) is 2. The van der Waals surface area contributed by atoms with Gasteiger partial charge in [0.25, 0.3) is 0 Å². The number of phenols is 1. The minimum absolute atomic E-state index is 0.290. The molecule has 0 fully saturated rings. The van der Waals surface area contributed by atoms with Gasteiger partial charge in [-0.25, -0.2) is 0 Å². The molecular weight excluding hydrogens is 174 g/mol. The average molecular weight is 189 g/mol. The van der Waals surface area contributed by atoms with E-state index in [9.17, 15) is 5.11 Å². The number of benzene rings is 1. The third-order valence-corrected chi connectivity index (χ3v) is 1.95. The lowest BCUT2D eigenvalue weighted by Gasteiger charge is -2.00. The lowest BCUT2D eigenvalue weighted by atomic mass is 10.1. The van der Waals surface area contributed by atoms with Gasteiger partial charge < -0.3 is 5.11 Å². The highest BCUT2D eigenvalue weighted by Crippen LogP contribution is 2.20. The average Bonchev–Trinajstić information content (AvgIpc) is 2.22. The minimum atomic E-state index is 0.290. The normalized spacial score (nSPS) is 9.36. The van der Waals surface area contributed by atoms with E-state index in [2.05, 4.69) is 4.98 Å². The zero-order valence-corrected chi connectivity index (χ0v) is 8.78. The van der Waals surface area contributed by atoms with Crippen LogP contribution in [0.15, 0.2) is 30.5 Å². The van der Waals surface area contributed by atoms with Crippen molar-refractivity contribution in [1.29, 1.82) is 0 Å². The van der Waals surface area contributed by atoms with Gasteiger partial charge in [-0.3, -0.25) is 4.98 Å². The van der Waals surface area contributed by atoms with Gasteiger partial charge in [-0.05, 0) is 30.5 Å². The van der Waals surface area contributed by atoms with E-state index in [4.69, 9.17) is 0 Å². The van der Waals surface area contributed by atoms with Crippen LogP contribution in [0.5, 0.6) is 5.75 Å². The minimum Gasteiger partial charge on any atom is -0.508 e. The topological polar surface area (TPSA) is 33.1 Å². The Bertz CT molecular complexity index is 424. The van der Waals surface area contributed by atoms with Crippen molar-refractivity contribution < 1.29 is 5.11 Å². The summed E-state index contributed by atoms with van der Waals surface area (Å²) in [5.74, 6) is 0.290. The Labute approximate surface area is 84.2 Å². The summed E-state index contributed by atoms with van der Waals surface area (Å²) in [5, 5.41) is 11.3. The zero-order valence-electron chi connectivity index (χ0n) is 8.78. The molecule has 1 aromatic carbocycles. The Hall–Kier alpha value is -1.57. The van der Waals surface area contributed by atoms with Crippen LogP contribution in [-0.2, 0) is 0 Å². The molecule has 0 atom stereocenters. The monoisotopic (exact) mass is 189 g/mol. The number of aryl methyl sites for hydroxylation is 1. The van der Waals surface area contributed by atoms with Gasteiger partial charge in [-0.1, -0.05) is 19.9 Å². The molecule has 1 heterocycles. The lowest BCUT2D eigenvalue weighted by Crippen LogP contribution is -1.81. The summed E-state index contributed by atoms with van der Waals surface area (Å²) in [7, 11) is 0. The van der Waals surface area contributed by atoms with E-state index in [1.54, 1.807) is 18.3 Å². The lowest BCUT2D eigenvalue weighted by molar-refractivity contribution is 0.476. The summed E-state index contributed by atoms with van der Waals surface area (Å²) >= 11 is 0. The Morgan fingerprint density at radius 3 is 2.57 bits per heavy atom. The predicted molar refractivity (Wildman–Crippen MR) is 59.5 cm³/mol. The van der Waals surface area contributed by atoms with Crippen molar-refractivity contribution in [3.63, 3.8) is 0 Å². The van der Waals surface area contributed by atoms with Crippen molar-refractivity contribution in [2.45, 2.75) is 20.8 Å². The number of phenolic OH excluding ortho intramolecular Hbond substituents is 1. The molecule has 0 aliphatic rings. The molecular formula is C12H15NO. The Morgan fingerprint density at radius 1 is 1.14 bits per heavy atom. The highest BCUT2D eigenvalue weighted by Gasteiger charge is 1.97. The molecule has 0 bridgehead atoms. The van der Waals surface area contributed by atoms with Crippen molar-refractivity contribution in [2.24, 2.45) is 0 Å². The summed E-state index contributed by atoms with van der Waals surface area (Å²) in [6, 6.07) is 7.24. The third-order valence-electron chi connectivity index (χ3n) is 1.95. The van der Waals surface area contributed by atoms with Crippen LogP contribution in [-0.4, -0.2) is 10.1 Å². The van der Waals surface area contributed by atoms with Gasteiger partial charge in [0.05, 0.1) is 0 Å². The van der Waals surface area contributed by atoms with Crippen molar-refractivity contribution in [3.05, 3.63) is 36.2 Å². The molecule has 1 N–H and O–H groups in total. The maximum absolute atomic E-state index is 9.23. The second-order valence-corrected chi connectivity index (χ2v) is 2.80. The molecule has 0 radical (unpaired) electrons. The van der Waals surface area contributed by atoms with Gasteiger partial charge in [0.2, 0.25) is 0 Å². The van der Waals surface area contributed by atoms with Gasteiger partial charge in [0, 0.05) is 17.3 Å². The second kappa shape index (κ2) is 4.61. The Kier molecular flexibility index (Phi) is 3.46. The van der Waals surface area contributed by atoms with Gasteiger partial charge in [-0.15, -0.1) is 0 Å². The number of aromatic hydroxyl groups is 1. The Balaban J connectivity index is 0.000000461. The van der Waals surface area contributed by atoms with E-state index in [1.807, 2.05) is 32.9 Å². The van der Waals surface area contributed by atoms with E-state index < -0.39 is 0 Å². The zero-order chi connectivity index (χ0) is 10.6. The summed E-state index contributed by atoms with van der Waals surface area (Å²) in [6.45, 7) is 5.93. The van der Waals surface area contributed by atoms with Crippen LogP contribution in [0.4, 0.5) is 0 Å². The molecule has 2 heteroatoms. The highest BCUT2D eigenvalue weighted by molar-refractivity contribution is 5.85. The van der Waals surface area contributed by atoms with Crippen molar-refractivity contribution >= 4 is 10.8 Å². The van der Waals surface area contributed by atoms with Crippen LogP contribution in [0.25, 0.3) is 10.8 Å². The molecule has 0 amide bonds. The molecule has 0 saturated carbocycles. The number of aromatic nitrogens is 1. The first kappa shape index (κ1) is 10.5. The van der Waals surface area contributed by atoms with Crippen molar-refractivity contribution in [2.75, 3.05) is 0 Å². The van der Waals surface area contributed by atoms with Crippen molar-refractivity contribution in [1.82, 2.24) is 4.98 Å². The largest absolute Gasteiger partial charge is 0.508 e. The first-order valence-corrected chi connectivity index (χ1v) is 4.82. The third kappa shape index (κ3) is 2.02. The van der Waals surface area contributed by atoms with Crippen LogP contribution in [0.2, 0.25) is 0 Å². The molecule has 2 nitrogen and oxygen atoms in total. The number of rotatable bonds is 0. The molecule has 74 valence electrons. The number of nitrogens with zero attached hydrogens (tertiary/aromatic N) is 1. The maximum atomic E-state index is 9.23. The van der Waals surface area contributed by atoms with Crippen LogP contribution in [0.3, 0.4) is 0 Å². The fourth-order valence-electron chi connectivity index (χ4n) is 1.30. The molecule has 0 unspecified atom stereocenters. The first-order chi connectivity index (χ1) is 6.77. The summed E-state index contributed by atoms with van der Waals surface area (Å²) in [6.07, 6.45) is 1.77. The fourth-order valence-corrected chi connectivity index (χ4v) is 1.30. The number of hydrogen-bond donors (Lipinski definition) is 1. The van der Waals surface area contributed by atoms with E-state index in [0.29, 0.717) is 5.75 Å². The SMILES string of the molecule is CC.Cc1nccc2ccc(O)cc12. The van der Waals surface area contributed by atoms with Crippen molar-refractivity contribution in [3.8, 4) is 5.75 Å². The fraction of sp³-hybridized carbons (Fsp3) is 0.250. The summed E-state index contributed by atoms with van der Waals surface area (Å²) in [5.41, 5.74) is 0.948. The molecule has 2 rings (SSSR count). The van der Waals surface area contributed by atoms with E-state index in [1.165, 1.54) is 0 Å². The van der Waals surface area contributed by atoms with Gasteiger partial charge >= 0.3 is 0 Å². The maximum Gasteiger partial charge on any atom is 0.116 e. The highest BCUT2D eigenvalue weighted by atomic mass is 16.3. The van der Waals surface area contributed by atoms with Gasteiger partial charge in [0.15, 0.2) is 0 Å². The quantitative estimate of drug-likeness (QED) is 0.690. The Morgan fingerprint density at radius 2 is 1.86 bits per heavy atom. The second-order valence-electron chi connectivity index (χ2n) is 2.80. The molecule has 0 saturated heterocycles.